The average molecular weight is 347 g/mol. The number of aromatic hydroxyl groups is 1. The zero-order valence-electron chi connectivity index (χ0n) is 14.3. The summed E-state index contributed by atoms with van der Waals surface area (Å²) in [5.41, 5.74) is 0.826. The summed E-state index contributed by atoms with van der Waals surface area (Å²) in [6.45, 7) is 3.54. The summed E-state index contributed by atoms with van der Waals surface area (Å²) in [6, 6.07) is 7.28. The first kappa shape index (κ1) is 17.7. The number of likely N-dealkylation sites (tertiary alicyclic amines) is 1. The molecular formula is C18H25N3O4. The maximum Gasteiger partial charge on any atom is 0.229 e. The number of phenols is 1. The molecule has 2 fully saturated rings. The van der Waals surface area contributed by atoms with Crippen LogP contribution in [0.3, 0.4) is 0 Å². The zero-order chi connectivity index (χ0) is 17.8. The molecule has 1 atom stereocenters. The van der Waals surface area contributed by atoms with Crippen molar-refractivity contribution in [3.8, 4) is 5.75 Å². The molecule has 2 aliphatic heterocycles. The van der Waals surface area contributed by atoms with Gasteiger partial charge < -0.3 is 15.1 Å². The van der Waals surface area contributed by atoms with Crippen LogP contribution in [-0.4, -0.2) is 77.2 Å². The topological polar surface area (TPSA) is 84.3 Å². The number of piperazine rings is 1. The lowest BCUT2D eigenvalue weighted by molar-refractivity contribution is -0.149. The molecule has 136 valence electrons. The Balaban J connectivity index is 1.48. The minimum absolute atomic E-state index is 0.0807. The summed E-state index contributed by atoms with van der Waals surface area (Å²) < 4.78 is 0. The van der Waals surface area contributed by atoms with Crippen molar-refractivity contribution in [3.63, 3.8) is 0 Å². The lowest BCUT2D eigenvalue weighted by atomic mass is 10.1. The van der Waals surface area contributed by atoms with Crippen LogP contribution < -0.4 is 4.90 Å². The summed E-state index contributed by atoms with van der Waals surface area (Å²) in [5, 5.41) is 20.2. The molecule has 1 unspecified atom stereocenters. The molecule has 0 radical (unpaired) electrons. The van der Waals surface area contributed by atoms with Gasteiger partial charge in [-0.2, -0.15) is 0 Å². The molecule has 1 aromatic carbocycles. The maximum atomic E-state index is 11.8. The number of hydrogen-bond acceptors (Lipinski definition) is 6. The highest BCUT2D eigenvalue weighted by Gasteiger charge is 2.29. The fourth-order valence-corrected chi connectivity index (χ4v) is 3.47. The summed E-state index contributed by atoms with van der Waals surface area (Å²) in [7, 11) is 0. The molecule has 7 heteroatoms. The van der Waals surface area contributed by atoms with E-state index in [-0.39, 0.29) is 24.1 Å². The number of imide groups is 1. The van der Waals surface area contributed by atoms with Gasteiger partial charge in [0.15, 0.2) is 0 Å². The molecule has 0 spiro atoms. The maximum absolute atomic E-state index is 11.8. The normalized spacial score (nSPS) is 20.8. The predicted octanol–water partition coefficient (Wildman–Crippen LogP) is 0.414. The minimum Gasteiger partial charge on any atom is -0.506 e. The second kappa shape index (κ2) is 7.84. The van der Waals surface area contributed by atoms with E-state index in [9.17, 15) is 19.8 Å². The highest BCUT2D eigenvalue weighted by Crippen LogP contribution is 2.27. The first-order valence-corrected chi connectivity index (χ1v) is 8.81. The van der Waals surface area contributed by atoms with E-state index in [1.807, 2.05) is 12.1 Å². The van der Waals surface area contributed by atoms with Crippen molar-refractivity contribution >= 4 is 17.5 Å². The van der Waals surface area contributed by atoms with Gasteiger partial charge in [-0.1, -0.05) is 12.1 Å². The van der Waals surface area contributed by atoms with E-state index in [1.165, 1.54) is 4.90 Å². The summed E-state index contributed by atoms with van der Waals surface area (Å²) in [6.07, 6.45) is 0.649. The second-order valence-corrected chi connectivity index (χ2v) is 6.68. The number of aliphatic hydroxyl groups is 1. The van der Waals surface area contributed by atoms with E-state index in [0.717, 1.165) is 31.9 Å². The second-order valence-electron chi connectivity index (χ2n) is 6.68. The van der Waals surface area contributed by atoms with E-state index in [0.29, 0.717) is 25.8 Å². The highest BCUT2D eigenvalue weighted by atomic mass is 16.3. The molecule has 1 aromatic rings. The van der Waals surface area contributed by atoms with Gasteiger partial charge in [-0.25, -0.2) is 0 Å². The molecule has 0 saturated carbocycles. The Labute approximate surface area is 147 Å². The average Bonchev–Trinajstić information content (AvgIpc) is 2.60. The van der Waals surface area contributed by atoms with Crippen LogP contribution in [0.2, 0.25) is 0 Å². The van der Waals surface area contributed by atoms with E-state index >= 15 is 0 Å². The van der Waals surface area contributed by atoms with Gasteiger partial charge in [-0.05, 0) is 18.6 Å². The number of para-hydroxylation sites is 2. The van der Waals surface area contributed by atoms with E-state index < -0.39 is 6.10 Å². The van der Waals surface area contributed by atoms with Crippen LogP contribution in [0.1, 0.15) is 19.3 Å². The van der Waals surface area contributed by atoms with Gasteiger partial charge in [0, 0.05) is 45.6 Å². The summed E-state index contributed by atoms with van der Waals surface area (Å²) in [5.74, 6) is -0.0857. The van der Waals surface area contributed by atoms with Gasteiger partial charge in [0.1, 0.15) is 5.75 Å². The number of rotatable bonds is 5. The Hall–Kier alpha value is -2.12. The molecule has 0 bridgehead atoms. The number of carbonyl (C=O) groups excluding carboxylic acids is 2. The summed E-state index contributed by atoms with van der Waals surface area (Å²) >= 11 is 0. The van der Waals surface area contributed by atoms with Gasteiger partial charge in [0.05, 0.1) is 18.3 Å². The van der Waals surface area contributed by atoms with Crippen molar-refractivity contribution in [2.24, 2.45) is 0 Å². The van der Waals surface area contributed by atoms with Crippen molar-refractivity contribution in [3.05, 3.63) is 24.3 Å². The largest absolute Gasteiger partial charge is 0.506 e. The third kappa shape index (κ3) is 4.29. The zero-order valence-corrected chi connectivity index (χ0v) is 14.3. The molecule has 2 amide bonds. The smallest absolute Gasteiger partial charge is 0.229 e. The lowest BCUT2D eigenvalue weighted by Crippen LogP contribution is -2.51. The molecule has 2 saturated heterocycles. The van der Waals surface area contributed by atoms with Gasteiger partial charge in [0.2, 0.25) is 11.8 Å². The number of nitrogens with zero attached hydrogens (tertiary/aromatic N) is 3. The number of carbonyl (C=O) groups is 2. The Morgan fingerprint density at radius 1 is 0.960 bits per heavy atom. The Bertz CT molecular complexity index is 613. The Morgan fingerprint density at radius 2 is 1.60 bits per heavy atom. The molecule has 7 nitrogen and oxygen atoms in total. The van der Waals surface area contributed by atoms with Crippen molar-refractivity contribution in [1.29, 1.82) is 0 Å². The van der Waals surface area contributed by atoms with Crippen LogP contribution in [0, 0.1) is 0 Å². The Morgan fingerprint density at radius 3 is 2.24 bits per heavy atom. The molecule has 0 aromatic heterocycles. The SMILES string of the molecule is O=C1CCCC(=O)N1CC(O)CN1CCN(c2ccccc2O)CC1. The number of phenolic OH excluding ortho intramolecular Hbond substituents is 1. The number of anilines is 1. The van der Waals surface area contributed by atoms with E-state index in [4.69, 9.17) is 0 Å². The van der Waals surface area contributed by atoms with Crippen molar-refractivity contribution < 1.29 is 19.8 Å². The van der Waals surface area contributed by atoms with Crippen LogP contribution >= 0.6 is 0 Å². The molecule has 3 rings (SSSR count). The van der Waals surface area contributed by atoms with Crippen molar-refractivity contribution in [1.82, 2.24) is 9.80 Å². The quantitative estimate of drug-likeness (QED) is 0.751. The molecule has 2 aliphatic rings. The standard InChI is InChI=1S/C18H25N3O4/c22-14(13-21-17(24)6-3-7-18(21)25)12-19-8-10-20(11-9-19)15-4-1-2-5-16(15)23/h1-2,4-5,14,22-23H,3,6-13H2. The first-order chi connectivity index (χ1) is 12.0. The molecule has 2 N–H and O–H groups in total. The third-order valence-corrected chi connectivity index (χ3v) is 4.84. The van der Waals surface area contributed by atoms with Gasteiger partial charge in [-0.3, -0.25) is 19.4 Å². The van der Waals surface area contributed by atoms with Crippen LogP contribution in [0.5, 0.6) is 5.75 Å². The van der Waals surface area contributed by atoms with Crippen molar-refractivity contribution in [2.75, 3.05) is 44.2 Å². The number of aliphatic hydroxyl groups excluding tert-OH is 1. The first-order valence-electron chi connectivity index (χ1n) is 8.81. The van der Waals surface area contributed by atoms with Gasteiger partial charge in [-0.15, -0.1) is 0 Å². The van der Waals surface area contributed by atoms with E-state index in [1.54, 1.807) is 12.1 Å². The fourth-order valence-electron chi connectivity index (χ4n) is 3.47. The van der Waals surface area contributed by atoms with Crippen LogP contribution in [-0.2, 0) is 9.59 Å². The number of hydrogen-bond donors (Lipinski definition) is 2. The van der Waals surface area contributed by atoms with Crippen LogP contribution in [0.4, 0.5) is 5.69 Å². The molecule has 2 heterocycles. The van der Waals surface area contributed by atoms with Gasteiger partial charge in [0.25, 0.3) is 0 Å². The molecule has 25 heavy (non-hydrogen) atoms. The van der Waals surface area contributed by atoms with Crippen molar-refractivity contribution in [2.45, 2.75) is 25.4 Å². The monoisotopic (exact) mass is 347 g/mol. The lowest BCUT2D eigenvalue weighted by Gasteiger charge is -2.37. The number of piperidine rings is 1. The number of benzene rings is 1. The number of amides is 2. The van der Waals surface area contributed by atoms with E-state index in [2.05, 4.69) is 9.80 Å². The third-order valence-electron chi connectivity index (χ3n) is 4.84. The van der Waals surface area contributed by atoms with Crippen LogP contribution in [0.25, 0.3) is 0 Å². The molecule has 0 aliphatic carbocycles. The molecular weight excluding hydrogens is 322 g/mol. The van der Waals surface area contributed by atoms with Crippen LogP contribution in [0.15, 0.2) is 24.3 Å². The van der Waals surface area contributed by atoms with Gasteiger partial charge >= 0.3 is 0 Å². The minimum atomic E-state index is -0.734. The predicted molar refractivity (Wildman–Crippen MR) is 93.3 cm³/mol. The fraction of sp³-hybridized carbons (Fsp3) is 0.556. The number of β-amino-alcohol motifs (C(OH)–C–C–N with tert-alkyl or cyclic N) is 1. The summed E-state index contributed by atoms with van der Waals surface area (Å²) in [4.78, 5) is 29.1. The Kier molecular flexibility index (Phi) is 5.55. The highest BCUT2D eigenvalue weighted by molar-refractivity contribution is 5.97.